The summed E-state index contributed by atoms with van der Waals surface area (Å²) in [5, 5.41) is 5.72. The van der Waals surface area contributed by atoms with Crippen LogP contribution in [0.1, 0.15) is 32.4 Å². The Morgan fingerprint density at radius 2 is 2.10 bits per heavy atom. The number of hydrogen-bond acceptors (Lipinski definition) is 5. The molecule has 1 atom stereocenters. The lowest BCUT2D eigenvalue weighted by Gasteiger charge is -2.12. The Balaban J connectivity index is 2.02. The summed E-state index contributed by atoms with van der Waals surface area (Å²) in [5.41, 5.74) is 0.590. The third kappa shape index (κ3) is 3.04. The van der Waals surface area contributed by atoms with Crippen LogP contribution in [-0.2, 0) is 11.3 Å². The number of nitrogens with one attached hydrogen (secondary N) is 2. The van der Waals surface area contributed by atoms with Crippen LogP contribution in [0.15, 0.2) is 12.4 Å². The van der Waals surface area contributed by atoms with E-state index in [1.54, 1.807) is 12.4 Å². The van der Waals surface area contributed by atoms with Gasteiger partial charge in [-0.05, 0) is 13.3 Å². The first-order valence-electron chi connectivity index (χ1n) is 6.82. The number of imide groups is 1. The van der Waals surface area contributed by atoms with Crippen LogP contribution in [0.4, 0.5) is 10.6 Å². The average molecular weight is 277 g/mol. The van der Waals surface area contributed by atoms with Crippen molar-refractivity contribution in [3.63, 3.8) is 0 Å². The smallest absolute Gasteiger partial charge is 0.325 e. The molecular weight excluding hydrogens is 258 g/mol. The molecule has 1 aliphatic heterocycles. The highest BCUT2D eigenvalue weighted by Crippen LogP contribution is 2.14. The molecule has 1 unspecified atom stereocenters. The summed E-state index contributed by atoms with van der Waals surface area (Å²) < 4.78 is 0. The predicted octanol–water partition coefficient (Wildman–Crippen LogP) is 1.13. The lowest BCUT2D eigenvalue weighted by molar-refractivity contribution is -0.128. The maximum Gasteiger partial charge on any atom is 0.325 e. The molecule has 0 bridgehead atoms. The lowest BCUT2D eigenvalue weighted by Crippen LogP contribution is -2.31. The van der Waals surface area contributed by atoms with Gasteiger partial charge in [-0.1, -0.05) is 13.3 Å². The van der Waals surface area contributed by atoms with Crippen LogP contribution in [0.2, 0.25) is 0 Å². The molecule has 1 saturated heterocycles. The highest BCUT2D eigenvalue weighted by Gasteiger charge is 2.37. The summed E-state index contributed by atoms with van der Waals surface area (Å²) in [6.45, 7) is 4.87. The topological polar surface area (TPSA) is 87.2 Å². The van der Waals surface area contributed by atoms with E-state index in [1.807, 2.05) is 13.8 Å². The summed E-state index contributed by atoms with van der Waals surface area (Å²) in [7, 11) is 0. The number of urea groups is 1. The first kappa shape index (κ1) is 14.2. The maximum absolute atomic E-state index is 12.1. The first-order chi connectivity index (χ1) is 9.65. The number of carbonyl (C=O) groups is 2. The molecule has 20 heavy (non-hydrogen) atoms. The fraction of sp³-hybridized carbons (Fsp3) is 0.538. The van der Waals surface area contributed by atoms with Crippen molar-refractivity contribution < 1.29 is 9.59 Å². The maximum atomic E-state index is 12.1. The van der Waals surface area contributed by atoms with Crippen LogP contribution in [-0.4, -0.2) is 39.4 Å². The largest absolute Gasteiger partial charge is 0.369 e. The van der Waals surface area contributed by atoms with Crippen LogP contribution < -0.4 is 10.6 Å². The zero-order valence-electron chi connectivity index (χ0n) is 11.7. The monoisotopic (exact) mass is 277 g/mol. The predicted molar refractivity (Wildman–Crippen MR) is 74.0 cm³/mol. The van der Waals surface area contributed by atoms with E-state index in [0.717, 1.165) is 13.0 Å². The molecule has 0 spiro atoms. The third-order valence-corrected chi connectivity index (χ3v) is 3.07. The Kier molecular flexibility index (Phi) is 4.49. The van der Waals surface area contributed by atoms with Crippen LogP contribution in [0.5, 0.6) is 0 Å². The quantitative estimate of drug-likeness (QED) is 0.761. The van der Waals surface area contributed by atoms with Gasteiger partial charge in [0.1, 0.15) is 11.9 Å². The molecule has 1 fully saturated rings. The number of hydrogen-bond donors (Lipinski definition) is 2. The Bertz CT molecular complexity index is 488. The Hall–Kier alpha value is -2.18. The third-order valence-electron chi connectivity index (χ3n) is 3.07. The molecule has 2 rings (SSSR count). The molecule has 2 heterocycles. The van der Waals surface area contributed by atoms with E-state index >= 15 is 0 Å². The minimum Gasteiger partial charge on any atom is -0.369 e. The van der Waals surface area contributed by atoms with Gasteiger partial charge in [0.15, 0.2) is 0 Å². The van der Waals surface area contributed by atoms with E-state index in [0.29, 0.717) is 17.9 Å². The van der Waals surface area contributed by atoms with Gasteiger partial charge < -0.3 is 10.6 Å². The van der Waals surface area contributed by atoms with Gasteiger partial charge in [0, 0.05) is 6.54 Å². The van der Waals surface area contributed by atoms with Crippen LogP contribution >= 0.6 is 0 Å². The Labute approximate surface area is 117 Å². The van der Waals surface area contributed by atoms with E-state index in [-0.39, 0.29) is 18.5 Å². The molecule has 1 aromatic rings. The summed E-state index contributed by atoms with van der Waals surface area (Å²) in [5.74, 6) is 0.492. The van der Waals surface area contributed by atoms with Gasteiger partial charge in [-0.15, -0.1) is 0 Å². The molecule has 0 aromatic carbocycles. The number of aromatic nitrogens is 2. The van der Waals surface area contributed by atoms with Crippen molar-refractivity contribution in [2.45, 2.75) is 39.3 Å². The van der Waals surface area contributed by atoms with Crippen molar-refractivity contribution in [2.75, 3.05) is 11.9 Å². The van der Waals surface area contributed by atoms with Crippen LogP contribution in [0.3, 0.4) is 0 Å². The fourth-order valence-corrected chi connectivity index (χ4v) is 2.08. The number of amides is 3. The molecule has 3 amide bonds. The van der Waals surface area contributed by atoms with Crippen molar-refractivity contribution in [1.82, 2.24) is 20.2 Å². The molecule has 1 aliphatic rings. The molecule has 7 heteroatoms. The minimum atomic E-state index is -0.401. The number of carbonyl (C=O) groups excluding carboxylic acids is 2. The van der Waals surface area contributed by atoms with Crippen molar-refractivity contribution in [2.24, 2.45) is 0 Å². The second kappa shape index (κ2) is 6.31. The fourth-order valence-electron chi connectivity index (χ4n) is 2.08. The van der Waals surface area contributed by atoms with Gasteiger partial charge in [-0.25, -0.2) is 9.78 Å². The summed E-state index contributed by atoms with van der Waals surface area (Å²) >= 11 is 0. The second-order valence-electron chi connectivity index (χ2n) is 4.64. The number of anilines is 1. The van der Waals surface area contributed by atoms with E-state index in [4.69, 9.17) is 0 Å². The highest BCUT2D eigenvalue weighted by atomic mass is 16.2. The molecule has 0 aliphatic carbocycles. The Morgan fingerprint density at radius 1 is 1.30 bits per heavy atom. The van der Waals surface area contributed by atoms with Crippen molar-refractivity contribution in [3.8, 4) is 0 Å². The highest BCUT2D eigenvalue weighted by molar-refractivity contribution is 6.04. The molecule has 108 valence electrons. The summed E-state index contributed by atoms with van der Waals surface area (Å²) in [6, 6.07) is -0.757. The van der Waals surface area contributed by atoms with E-state index in [1.165, 1.54) is 4.90 Å². The number of nitrogens with zero attached hydrogens (tertiary/aromatic N) is 3. The molecule has 1 aromatic heterocycles. The van der Waals surface area contributed by atoms with Crippen molar-refractivity contribution in [3.05, 3.63) is 18.1 Å². The molecular formula is C13H19N5O2. The van der Waals surface area contributed by atoms with Crippen molar-refractivity contribution in [1.29, 1.82) is 0 Å². The minimum absolute atomic E-state index is 0.157. The Morgan fingerprint density at radius 3 is 2.70 bits per heavy atom. The zero-order chi connectivity index (χ0) is 14.5. The second-order valence-corrected chi connectivity index (χ2v) is 4.64. The SMILES string of the molecule is CCCC1NC(=O)N(Cc2cnc(NCC)cn2)C1=O. The van der Waals surface area contributed by atoms with Gasteiger partial charge in [0.25, 0.3) is 5.91 Å². The normalized spacial score (nSPS) is 18.3. The standard InChI is InChI=1S/C13H19N5O2/c1-3-5-10-12(19)18(13(20)17-10)8-9-6-16-11(7-15-9)14-4-2/h6-7,10H,3-5,8H2,1-2H3,(H,14,16)(H,17,20). The molecule has 0 saturated carbocycles. The van der Waals surface area contributed by atoms with Crippen LogP contribution in [0, 0.1) is 0 Å². The van der Waals surface area contributed by atoms with Crippen LogP contribution in [0.25, 0.3) is 0 Å². The van der Waals surface area contributed by atoms with Gasteiger partial charge in [-0.3, -0.25) is 14.7 Å². The summed E-state index contributed by atoms with van der Waals surface area (Å²) in [4.78, 5) is 33.4. The van der Waals surface area contributed by atoms with Gasteiger partial charge >= 0.3 is 6.03 Å². The van der Waals surface area contributed by atoms with Crippen molar-refractivity contribution >= 4 is 17.8 Å². The van der Waals surface area contributed by atoms with Gasteiger partial charge in [0.2, 0.25) is 0 Å². The number of rotatable bonds is 6. The molecule has 0 radical (unpaired) electrons. The van der Waals surface area contributed by atoms with Gasteiger partial charge in [0.05, 0.1) is 24.6 Å². The van der Waals surface area contributed by atoms with E-state index in [9.17, 15) is 9.59 Å². The lowest BCUT2D eigenvalue weighted by atomic mass is 10.2. The summed E-state index contributed by atoms with van der Waals surface area (Å²) in [6.07, 6.45) is 4.68. The first-order valence-corrected chi connectivity index (χ1v) is 6.82. The van der Waals surface area contributed by atoms with Gasteiger partial charge in [-0.2, -0.15) is 0 Å². The zero-order valence-corrected chi connectivity index (χ0v) is 11.7. The average Bonchev–Trinajstić information content (AvgIpc) is 2.69. The van der Waals surface area contributed by atoms with E-state index in [2.05, 4.69) is 20.6 Å². The van der Waals surface area contributed by atoms with E-state index < -0.39 is 6.04 Å². The molecule has 7 nitrogen and oxygen atoms in total. The molecule has 2 N–H and O–H groups in total.